The average molecular weight is 194 g/mol. The Morgan fingerprint density at radius 3 is 1.29 bits per heavy atom. The van der Waals surface area contributed by atoms with E-state index in [2.05, 4.69) is 16.9 Å². The monoisotopic (exact) mass is 194 g/mol. The molecule has 0 heterocycles. The first-order valence-corrected chi connectivity index (χ1v) is 7.92. The van der Waals surface area contributed by atoms with E-state index in [4.69, 9.17) is 0 Å². The summed E-state index contributed by atoms with van der Waals surface area (Å²) in [6.07, 6.45) is 0. The zero-order valence-corrected chi connectivity index (χ0v) is 7.41. The smallest absolute Gasteiger partial charge is 0.00626 e. The van der Waals surface area contributed by atoms with E-state index in [1.54, 1.807) is 22.0 Å². The topological polar surface area (TPSA) is 0 Å². The summed E-state index contributed by atoms with van der Waals surface area (Å²) < 4.78 is 0. The molecule has 0 saturated heterocycles. The molecule has 0 aromatic heterocycles. The van der Waals surface area contributed by atoms with E-state index in [0.717, 1.165) is 6.98 Å². The lowest BCUT2D eigenvalue weighted by atomic mass is 12.0. The van der Waals surface area contributed by atoms with Gasteiger partial charge in [-0.15, -0.1) is 22.0 Å². The normalized spacial score (nSPS) is 6.00. The molecule has 0 radical (unpaired) electrons. The summed E-state index contributed by atoms with van der Waals surface area (Å²) in [7, 11) is 5.19. The van der Waals surface area contributed by atoms with Crippen LogP contribution in [0.3, 0.4) is 0 Å². The Labute approximate surface area is 60.9 Å². The molecule has 0 spiro atoms. The fraction of sp³-hybridized carbons (Fsp3) is 1.00. The zero-order chi connectivity index (χ0) is 4.12. The van der Waals surface area contributed by atoms with E-state index in [1.165, 1.54) is 0 Å². The summed E-state index contributed by atoms with van der Waals surface area (Å²) >= 11 is 3.58. The van der Waals surface area contributed by atoms with Crippen molar-refractivity contribution in [3.63, 3.8) is 0 Å². The van der Waals surface area contributed by atoms with Gasteiger partial charge in [-0.3, -0.25) is 0 Å². The van der Waals surface area contributed by atoms with Crippen LogP contribution in [0, 0.1) is 0 Å². The highest BCUT2D eigenvalue weighted by Gasteiger charge is 1.67. The molecule has 0 amide bonds. The van der Waals surface area contributed by atoms with Gasteiger partial charge >= 0.3 is 0 Å². The summed E-state index contributed by atoms with van der Waals surface area (Å²) in [5.41, 5.74) is 0. The summed E-state index contributed by atoms with van der Waals surface area (Å²) in [6, 6.07) is 0. The van der Waals surface area contributed by atoms with Gasteiger partial charge in [0.1, 0.15) is 0 Å². The standard InChI is InChI=1S/2CH4.H5P3S2/c;;1-4-3-5-2/h2*1H4;3H,1-2H2. The Kier molecular flexibility index (Phi) is 35.8. The van der Waals surface area contributed by atoms with Crippen molar-refractivity contribution in [3.05, 3.63) is 0 Å². The quantitative estimate of drug-likeness (QED) is 0.613. The van der Waals surface area contributed by atoms with Gasteiger partial charge in [-0.25, -0.2) is 0 Å². The molecular formula is C2H13P3S2. The maximum absolute atomic E-state index is 2.59. The minimum absolute atomic E-state index is 0. The van der Waals surface area contributed by atoms with Crippen molar-refractivity contribution in [2.45, 2.75) is 14.9 Å². The molecule has 0 bridgehead atoms. The molecule has 0 nitrogen and oxygen atoms in total. The van der Waals surface area contributed by atoms with Crippen LogP contribution in [0.2, 0.25) is 0 Å². The molecule has 0 N–H and O–H groups in total. The largest absolute Gasteiger partial charge is 0.105 e. The van der Waals surface area contributed by atoms with Crippen molar-refractivity contribution in [2.75, 3.05) is 0 Å². The predicted octanol–water partition coefficient (Wildman–Crippen LogP) is 3.81. The van der Waals surface area contributed by atoms with Crippen LogP contribution in [0.15, 0.2) is 0 Å². The molecule has 0 saturated carbocycles. The third-order valence-corrected chi connectivity index (χ3v) is 7.79. The Bertz CT molecular complexity index is 18.4. The molecule has 0 aromatic carbocycles. The summed E-state index contributed by atoms with van der Waals surface area (Å²) in [4.78, 5) is 0. The molecule has 5 heteroatoms. The highest BCUT2D eigenvalue weighted by atomic mass is 33.3. The van der Waals surface area contributed by atoms with Crippen LogP contribution in [0.25, 0.3) is 0 Å². The molecule has 48 valence electrons. The van der Waals surface area contributed by atoms with E-state index >= 15 is 0 Å². The molecule has 0 aliphatic rings. The van der Waals surface area contributed by atoms with Crippen LogP contribution in [0.5, 0.6) is 0 Å². The van der Waals surface area contributed by atoms with Crippen molar-refractivity contribution >= 4 is 45.9 Å². The van der Waals surface area contributed by atoms with Crippen molar-refractivity contribution in [2.24, 2.45) is 0 Å². The molecule has 2 atom stereocenters. The van der Waals surface area contributed by atoms with Gasteiger partial charge in [0.2, 0.25) is 0 Å². The van der Waals surface area contributed by atoms with Crippen LogP contribution >= 0.6 is 45.9 Å². The van der Waals surface area contributed by atoms with Crippen LogP contribution in [0.1, 0.15) is 14.9 Å². The fourth-order valence-corrected chi connectivity index (χ4v) is 6.75. The Hall–Kier alpha value is 1.99. The van der Waals surface area contributed by atoms with E-state index in [-0.39, 0.29) is 14.9 Å². The molecule has 0 aromatic rings. The second kappa shape index (κ2) is 15.7. The van der Waals surface area contributed by atoms with Crippen LogP contribution < -0.4 is 0 Å². The summed E-state index contributed by atoms with van der Waals surface area (Å²) in [5.74, 6) is 0. The Morgan fingerprint density at radius 2 is 1.29 bits per heavy atom. The predicted molar refractivity (Wildman–Crippen MR) is 56.4 cm³/mol. The third-order valence-electron chi connectivity index (χ3n) is 0.0962. The van der Waals surface area contributed by atoms with E-state index in [9.17, 15) is 0 Å². The van der Waals surface area contributed by atoms with Gasteiger partial charge in [-0.05, 0) is 0 Å². The lowest BCUT2D eigenvalue weighted by molar-refractivity contribution is 2.50. The minimum atomic E-state index is 0. The molecule has 7 heavy (non-hydrogen) atoms. The minimum Gasteiger partial charge on any atom is -0.105 e. The number of hydrogen-bond donors (Lipinski definition) is 0. The van der Waals surface area contributed by atoms with Crippen LogP contribution in [-0.4, -0.2) is 0 Å². The highest BCUT2D eigenvalue weighted by molar-refractivity contribution is 9.02. The van der Waals surface area contributed by atoms with Gasteiger partial charge in [-0.2, -0.15) is 0 Å². The van der Waals surface area contributed by atoms with Crippen molar-refractivity contribution in [1.82, 2.24) is 0 Å². The summed E-state index contributed by atoms with van der Waals surface area (Å²) in [5, 5.41) is 0. The average Bonchev–Trinajstić information content (AvgIpc) is 1.41. The SMILES string of the molecule is C.C.PSPSP. The van der Waals surface area contributed by atoms with Gasteiger partial charge in [-0.1, -0.05) is 31.7 Å². The van der Waals surface area contributed by atoms with Gasteiger partial charge in [0, 0.05) is 6.98 Å². The van der Waals surface area contributed by atoms with Crippen LogP contribution in [0.4, 0.5) is 0 Å². The first-order chi connectivity index (χ1) is 2.41. The third kappa shape index (κ3) is 18.0. The van der Waals surface area contributed by atoms with Crippen LogP contribution in [-0.2, 0) is 0 Å². The summed E-state index contributed by atoms with van der Waals surface area (Å²) in [6.45, 7) is 0.957. The number of rotatable bonds is 2. The van der Waals surface area contributed by atoms with E-state index in [0.29, 0.717) is 0 Å². The van der Waals surface area contributed by atoms with Crippen molar-refractivity contribution in [1.29, 1.82) is 0 Å². The Morgan fingerprint density at radius 1 is 1.00 bits per heavy atom. The maximum atomic E-state index is 2.59. The molecule has 0 fully saturated rings. The second-order valence-corrected chi connectivity index (χ2v) is 8.61. The zero-order valence-electron chi connectivity index (χ0n) is 2.47. The fourth-order valence-electron chi connectivity index (χ4n) is 0.0278. The molecule has 2 unspecified atom stereocenters. The maximum Gasteiger partial charge on any atom is 0.00626 e. The second-order valence-electron chi connectivity index (χ2n) is 0.319. The molecule has 0 rings (SSSR count). The first-order valence-electron chi connectivity index (χ1n) is 0.880. The first kappa shape index (κ1) is 16.0. The van der Waals surface area contributed by atoms with Gasteiger partial charge in [0.25, 0.3) is 0 Å². The number of hydrogen-bond acceptors (Lipinski definition) is 2. The highest BCUT2D eigenvalue weighted by Crippen LogP contribution is 2.49. The van der Waals surface area contributed by atoms with E-state index in [1.807, 2.05) is 0 Å². The molecule has 0 aliphatic carbocycles. The van der Waals surface area contributed by atoms with Crippen molar-refractivity contribution in [3.8, 4) is 0 Å². The van der Waals surface area contributed by atoms with Gasteiger partial charge in [0.05, 0.1) is 0 Å². The van der Waals surface area contributed by atoms with Gasteiger partial charge < -0.3 is 0 Å². The lowest BCUT2D eigenvalue weighted by Gasteiger charge is -1.79. The lowest BCUT2D eigenvalue weighted by Crippen LogP contribution is -0.980. The molecule has 0 aliphatic heterocycles. The van der Waals surface area contributed by atoms with Crippen molar-refractivity contribution < 1.29 is 0 Å². The van der Waals surface area contributed by atoms with Gasteiger partial charge in [0.15, 0.2) is 0 Å². The van der Waals surface area contributed by atoms with E-state index < -0.39 is 0 Å². The Balaban J connectivity index is -0.0000000800. The molecular weight excluding hydrogens is 181 g/mol.